The highest BCUT2D eigenvalue weighted by molar-refractivity contribution is 7.09. The van der Waals surface area contributed by atoms with Crippen LogP contribution in [-0.2, 0) is 12.6 Å². The van der Waals surface area contributed by atoms with Crippen LogP contribution in [0.15, 0.2) is 23.7 Å². The number of alkyl halides is 3. The van der Waals surface area contributed by atoms with Gasteiger partial charge < -0.3 is 5.11 Å². The Morgan fingerprint density at radius 1 is 1.42 bits per heavy atom. The molecule has 100 valence electrons. The Balaban J connectivity index is 2.41. The van der Waals surface area contributed by atoms with Crippen molar-refractivity contribution < 1.29 is 23.1 Å². The van der Waals surface area contributed by atoms with Crippen molar-refractivity contribution in [2.24, 2.45) is 0 Å². The molecule has 8 heteroatoms. The number of nitrogens with zero attached hydrogens (tertiary/aromatic N) is 2. The number of halogens is 3. The zero-order chi connectivity index (χ0) is 14.0. The third-order valence-corrected chi connectivity index (χ3v) is 3.13. The Morgan fingerprint density at radius 2 is 2.16 bits per heavy atom. The smallest absolute Gasteiger partial charge is 0.434 e. The minimum Gasteiger partial charge on any atom is -0.478 e. The number of rotatable bonds is 3. The molecule has 2 rings (SSSR count). The van der Waals surface area contributed by atoms with Gasteiger partial charge in [-0.2, -0.15) is 13.2 Å². The van der Waals surface area contributed by atoms with Gasteiger partial charge in [0.25, 0.3) is 0 Å². The highest BCUT2D eigenvalue weighted by atomic mass is 32.1. The van der Waals surface area contributed by atoms with Crippen molar-refractivity contribution in [3.63, 3.8) is 0 Å². The molecule has 0 aliphatic carbocycles. The van der Waals surface area contributed by atoms with Gasteiger partial charge in [0.1, 0.15) is 11.4 Å². The molecule has 0 spiro atoms. The number of aromatic nitrogens is 2. The molecule has 0 bridgehead atoms. The predicted octanol–water partition coefficient (Wildman–Crippen LogP) is 2.85. The van der Waals surface area contributed by atoms with Gasteiger partial charge in [-0.15, -0.1) is 11.3 Å². The number of hydrogen-bond acceptors (Lipinski definition) is 4. The maximum atomic E-state index is 12.7. The quantitative estimate of drug-likeness (QED) is 0.943. The Hall–Kier alpha value is -1.96. The van der Waals surface area contributed by atoms with Crippen molar-refractivity contribution in [1.29, 1.82) is 0 Å². The summed E-state index contributed by atoms with van der Waals surface area (Å²) < 4.78 is 38.1. The molecule has 2 aromatic heterocycles. The van der Waals surface area contributed by atoms with E-state index in [1.165, 1.54) is 11.3 Å². The third-order valence-electron chi connectivity index (χ3n) is 2.25. The van der Waals surface area contributed by atoms with Gasteiger partial charge in [0.05, 0.1) is 0 Å². The van der Waals surface area contributed by atoms with E-state index >= 15 is 0 Å². The van der Waals surface area contributed by atoms with Crippen LogP contribution in [0, 0.1) is 0 Å². The molecular weight excluding hydrogens is 281 g/mol. The van der Waals surface area contributed by atoms with E-state index in [1.54, 1.807) is 17.5 Å². The average molecular weight is 288 g/mol. The van der Waals surface area contributed by atoms with Crippen molar-refractivity contribution in [2.75, 3.05) is 0 Å². The molecule has 0 amide bonds. The molecule has 0 saturated carbocycles. The predicted molar refractivity (Wildman–Crippen MR) is 61.1 cm³/mol. The summed E-state index contributed by atoms with van der Waals surface area (Å²) in [4.78, 5) is 18.5. The van der Waals surface area contributed by atoms with E-state index in [0.29, 0.717) is 6.20 Å². The molecule has 0 saturated heterocycles. The minimum absolute atomic E-state index is 0.0558. The second kappa shape index (κ2) is 4.96. The topological polar surface area (TPSA) is 63.1 Å². The summed E-state index contributed by atoms with van der Waals surface area (Å²) in [5.41, 5.74) is -2.36. The van der Waals surface area contributed by atoms with Crippen molar-refractivity contribution in [3.05, 3.63) is 45.7 Å². The molecule has 1 N–H and O–H groups in total. The fraction of sp³-hybridized carbons (Fsp3) is 0.182. The molecule has 19 heavy (non-hydrogen) atoms. The molecule has 0 fully saturated rings. The second-order valence-electron chi connectivity index (χ2n) is 3.61. The monoisotopic (exact) mass is 288 g/mol. The van der Waals surface area contributed by atoms with Gasteiger partial charge in [0, 0.05) is 17.5 Å². The van der Waals surface area contributed by atoms with E-state index in [0.717, 1.165) is 4.88 Å². The summed E-state index contributed by atoms with van der Waals surface area (Å²) >= 11 is 1.36. The van der Waals surface area contributed by atoms with Gasteiger partial charge >= 0.3 is 12.1 Å². The van der Waals surface area contributed by atoms with E-state index in [9.17, 15) is 18.0 Å². The summed E-state index contributed by atoms with van der Waals surface area (Å²) in [6.07, 6.45) is -3.98. The van der Waals surface area contributed by atoms with Crippen LogP contribution in [0.5, 0.6) is 0 Å². The van der Waals surface area contributed by atoms with Crippen LogP contribution in [0.1, 0.15) is 26.8 Å². The Labute approximate surface area is 109 Å². The summed E-state index contributed by atoms with van der Waals surface area (Å²) in [7, 11) is 0. The van der Waals surface area contributed by atoms with Crippen molar-refractivity contribution >= 4 is 17.3 Å². The van der Waals surface area contributed by atoms with Gasteiger partial charge in [-0.25, -0.2) is 14.8 Å². The highest BCUT2D eigenvalue weighted by Crippen LogP contribution is 2.30. The normalized spacial score (nSPS) is 11.5. The van der Waals surface area contributed by atoms with Gasteiger partial charge in [0.2, 0.25) is 0 Å². The molecular formula is C11H7F3N2O2S. The summed E-state index contributed by atoms with van der Waals surface area (Å²) in [5, 5.41) is 10.5. The molecule has 0 atom stereocenters. The fourth-order valence-corrected chi connectivity index (χ4v) is 2.15. The largest absolute Gasteiger partial charge is 0.478 e. The first-order chi connectivity index (χ1) is 8.88. The lowest BCUT2D eigenvalue weighted by Gasteiger charge is -2.09. The van der Waals surface area contributed by atoms with Crippen LogP contribution in [-0.4, -0.2) is 21.0 Å². The molecule has 0 aromatic carbocycles. The molecule has 4 nitrogen and oxygen atoms in total. The average Bonchev–Trinajstić information content (AvgIpc) is 2.80. The molecule has 0 unspecified atom stereocenters. The van der Waals surface area contributed by atoms with Gasteiger partial charge in [-0.3, -0.25) is 0 Å². The SMILES string of the molecule is O=C(O)c1cnc(Cc2cccs2)nc1C(F)(F)F. The van der Waals surface area contributed by atoms with Crippen LogP contribution in [0.4, 0.5) is 13.2 Å². The lowest BCUT2D eigenvalue weighted by Crippen LogP contribution is -2.17. The molecule has 2 aromatic rings. The molecule has 2 heterocycles. The lowest BCUT2D eigenvalue weighted by atomic mass is 10.2. The van der Waals surface area contributed by atoms with E-state index in [1.807, 2.05) is 0 Å². The zero-order valence-corrected chi connectivity index (χ0v) is 10.1. The number of carboxylic acid groups (broad SMARTS) is 1. The number of aromatic carboxylic acids is 1. The summed E-state index contributed by atoms with van der Waals surface area (Å²) in [6, 6.07) is 3.50. The van der Waals surface area contributed by atoms with Crippen LogP contribution in [0.2, 0.25) is 0 Å². The van der Waals surface area contributed by atoms with Crippen LogP contribution in [0.25, 0.3) is 0 Å². The number of thiophene rings is 1. The molecule has 0 aliphatic rings. The van der Waals surface area contributed by atoms with Gasteiger partial charge in [-0.05, 0) is 11.4 Å². The first-order valence-electron chi connectivity index (χ1n) is 5.06. The lowest BCUT2D eigenvalue weighted by molar-refractivity contribution is -0.141. The number of hydrogen-bond donors (Lipinski definition) is 1. The second-order valence-corrected chi connectivity index (χ2v) is 4.64. The molecule has 0 radical (unpaired) electrons. The Bertz CT molecular complexity index is 596. The van der Waals surface area contributed by atoms with Gasteiger partial charge in [0.15, 0.2) is 5.69 Å². The highest BCUT2D eigenvalue weighted by Gasteiger charge is 2.38. The Kier molecular flexibility index (Phi) is 3.52. The van der Waals surface area contributed by atoms with Gasteiger partial charge in [-0.1, -0.05) is 6.07 Å². The van der Waals surface area contributed by atoms with E-state index in [4.69, 9.17) is 5.11 Å². The van der Waals surface area contributed by atoms with Crippen LogP contribution in [0.3, 0.4) is 0 Å². The van der Waals surface area contributed by atoms with E-state index in [-0.39, 0.29) is 12.2 Å². The van der Waals surface area contributed by atoms with Crippen LogP contribution >= 0.6 is 11.3 Å². The Morgan fingerprint density at radius 3 is 2.68 bits per heavy atom. The van der Waals surface area contributed by atoms with Crippen molar-refractivity contribution in [3.8, 4) is 0 Å². The third kappa shape index (κ3) is 3.08. The minimum atomic E-state index is -4.82. The maximum absolute atomic E-state index is 12.7. The number of carbonyl (C=O) groups is 1. The first kappa shape index (κ1) is 13.5. The molecule has 0 aliphatic heterocycles. The zero-order valence-electron chi connectivity index (χ0n) is 9.31. The summed E-state index contributed by atoms with van der Waals surface area (Å²) in [6.45, 7) is 0. The van der Waals surface area contributed by atoms with E-state index < -0.39 is 23.4 Å². The summed E-state index contributed by atoms with van der Waals surface area (Å²) in [5.74, 6) is -1.75. The fourth-order valence-electron chi connectivity index (χ4n) is 1.45. The van der Waals surface area contributed by atoms with Crippen molar-refractivity contribution in [1.82, 2.24) is 9.97 Å². The van der Waals surface area contributed by atoms with Crippen molar-refractivity contribution in [2.45, 2.75) is 12.6 Å². The van der Waals surface area contributed by atoms with E-state index in [2.05, 4.69) is 9.97 Å². The standard InChI is InChI=1S/C11H7F3N2O2S/c12-11(13,14)9-7(10(17)18)5-15-8(16-9)4-6-2-1-3-19-6/h1-3,5H,4H2,(H,17,18). The first-order valence-corrected chi connectivity index (χ1v) is 5.94. The number of carboxylic acids is 1. The maximum Gasteiger partial charge on any atom is 0.434 e. The van der Waals surface area contributed by atoms with Crippen LogP contribution < -0.4 is 0 Å².